The second-order valence-corrected chi connectivity index (χ2v) is 9.53. The van der Waals surface area contributed by atoms with Crippen molar-refractivity contribution >= 4 is 21.6 Å². The number of aromatic nitrogens is 1. The number of nitrogens with zero attached hydrogens (tertiary/aromatic N) is 1. The van der Waals surface area contributed by atoms with E-state index in [9.17, 15) is 18.0 Å². The van der Waals surface area contributed by atoms with Crippen LogP contribution < -0.4 is 0 Å². The van der Waals surface area contributed by atoms with Crippen LogP contribution >= 0.6 is 0 Å². The summed E-state index contributed by atoms with van der Waals surface area (Å²) in [7, 11) is -3.59. The number of hydrogen-bond donors (Lipinski definition) is 0. The van der Waals surface area contributed by atoms with E-state index in [2.05, 4.69) is 0 Å². The number of ether oxygens (including phenoxy) is 1. The van der Waals surface area contributed by atoms with Gasteiger partial charge in [0.15, 0.2) is 16.4 Å². The molecule has 0 aliphatic heterocycles. The molecule has 2 aromatic carbocycles. The molecule has 0 saturated heterocycles. The summed E-state index contributed by atoms with van der Waals surface area (Å²) >= 11 is 0. The van der Waals surface area contributed by atoms with Crippen LogP contribution in [0.15, 0.2) is 65.6 Å². The molecule has 1 aromatic heterocycles. The van der Waals surface area contributed by atoms with Crippen molar-refractivity contribution in [1.82, 2.24) is 4.57 Å². The van der Waals surface area contributed by atoms with Crippen molar-refractivity contribution < 1.29 is 22.7 Å². The van der Waals surface area contributed by atoms with E-state index < -0.39 is 22.4 Å². The van der Waals surface area contributed by atoms with E-state index in [4.69, 9.17) is 4.74 Å². The Morgan fingerprint density at radius 3 is 2.23 bits per heavy atom. The molecule has 0 spiro atoms. The summed E-state index contributed by atoms with van der Waals surface area (Å²) in [6.07, 6.45) is -0.313. The molecular formula is C24H25NO5S. The number of Topliss-reactive ketones (excluding diaryl/α,β-unsaturated/α-hetero) is 1. The number of carbonyl (C=O) groups excluding carboxylic acids is 2. The number of ketones is 1. The minimum Gasteiger partial charge on any atom is -0.457 e. The first-order valence-electron chi connectivity index (χ1n) is 9.91. The van der Waals surface area contributed by atoms with Crippen molar-refractivity contribution in [3.63, 3.8) is 0 Å². The molecule has 0 aliphatic carbocycles. The van der Waals surface area contributed by atoms with Crippen LogP contribution in [0.25, 0.3) is 5.69 Å². The predicted molar refractivity (Wildman–Crippen MR) is 118 cm³/mol. The van der Waals surface area contributed by atoms with Crippen molar-refractivity contribution in [2.24, 2.45) is 0 Å². The van der Waals surface area contributed by atoms with E-state index in [1.807, 2.05) is 55.7 Å². The number of benzene rings is 2. The summed E-state index contributed by atoms with van der Waals surface area (Å²) in [4.78, 5) is 24.8. The SMILES string of the molecule is Cc1ccc(S(=O)(=O)CCC(=O)OCC(=O)c2cc(C)n(-c3ccccc3)c2C)cc1. The molecule has 0 amide bonds. The second kappa shape index (κ2) is 9.31. The molecule has 162 valence electrons. The highest BCUT2D eigenvalue weighted by Crippen LogP contribution is 2.21. The van der Waals surface area contributed by atoms with E-state index in [1.54, 1.807) is 18.2 Å². The lowest BCUT2D eigenvalue weighted by Gasteiger charge is -2.09. The van der Waals surface area contributed by atoms with Crippen molar-refractivity contribution in [3.8, 4) is 5.69 Å². The van der Waals surface area contributed by atoms with Gasteiger partial charge in [-0.3, -0.25) is 9.59 Å². The van der Waals surface area contributed by atoms with Crippen LogP contribution in [0.2, 0.25) is 0 Å². The highest BCUT2D eigenvalue weighted by molar-refractivity contribution is 7.91. The number of sulfone groups is 1. The maximum absolute atomic E-state index is 12.6. The average molecular weight is 440 g/mol. The van der Waals surface area contributed by atoms with E-state index >= 15 is 0 Å². The van der Waals surface area contributed by atoms with Crippen molar-refractivity contribution in [3.05, 3.63) is 83.2 Å². The molecule has 3 rings (SSSR count). The van der Waals surface area contributed by atoms with E-state index in [1.165, 1.54) is 12.1 Å². The maximum atomic E-state index is 12.6. The fraction of sp³-hybridized carbons (Fsp3) is 0.250. The standard InChI is InChI=1S/C24H25NO5S/c1-17-9-11-21(12-10-17)31(28,29)14-13-24(27)30-16-23(26)22-15-18(2)25(19(22)3)20-7-5-4-6-8-20/h4-12,15H,13-14,16H2,1-3H3. The van der Waals surface area contributed by atoms with Gasteiger partial charge in [-0.15, -0.1) is 0 Å². The van der Waals surface area contributed by atoms with Gasteiger partial charge in [-0.05, 0) is 51.1 Å². The fourth-order valence-corrected chi connectivity index (χ4v) is 4.62. The van der Waals surface area contributed by atoms with Crippen LogP contribution in [-0.4, -0.2) is 37.1 Å². The Kier molecular flexibility index (Phi) is 6.75. The average Bonchev–Trinajstić information content (AvgIpc) is 3.05. The van der Waals surface area contributed by atoms with Gasteiger partial charge in [-0.2, -0.15) is 0 Å². The molecule has 3 aromatic rings. The molecule has 0 fully saturated rings. The number of hydrogen-bond acceptors (Lipinski definition) is 5. The van der Waals surface area contributed by atoms with Gasteiger partial charge in [-0.1, -0.05) is 35.9 Å². The minimum absolute atomic E-state index is 0.162. The minimum atomic E-state index is -3.59. The molecule has 0 saturated carbocycles. The Balaban J connectivity index is 1.60. The first-order valence-corrected chi connectivity index (χ1v) is 11.6. The Morgan fingerprint density at radius 2 is 1.58 bits per heavy atom. The summed E-state index contributed by atoms with van der Waals surface area (Å²) in [5.74, 6) is -1.42. The summed E-state index contributed by atoms with van der Waals surface area (Å²) < 4.78 is 31.7. The molecule has 31 heavy (non-hydrogen) atoms. The van der Waals surface area contributed by atoms with Gasteiger partial charge in [0.05, 0.1) is 17.1 Å². The van der Waals surface area contributed by atoms with Gasteiger partial charge in [0.1, 0.15) is 0 Å². The largest absolute Gasteiger partial charge is 0.457 e. The van der Waals surface area contributed by atoms with Gasteiger partial charge in [0.2, 0.25) is 5.78 Å². The normalized spacial score (nSPS) is 11.3. The van der Waals surface area contributed by atoms with E-state index in [0.29, 0.717) is 5.56 Å². The summed E-state index contributed by atoms with van der Waals surface area (Å²) in [6.45, 7) is 5.17. The zero-order valence-corrected chi connectivity index (χ0v) is 18.6. The lowest BCUT2D eigenvalue weighted by atomic mass is 10.1. The molecule has 0 bridgehead atoms. The highest BCUT2D eigenvalue weighted by Gasteiger charge is 2.20. The molecule has 0 N–H and O–H groups in total. The Bertz CT molecular complexity index is 1190. The third-order valence-electron chi connectivity index (χ3n) is 5.07. The van der Waals surface area contributed by atoms with Gasteiger partial charge in [0.25, 0.3) is 0 Å². The zero-order chi connectivity index (χ0) is 22.6. The number of esters is 1. The molecule has 0 radical (unpaired) electrons. The topological polar surface area (TPSA) is 82.4 Å². The third-order valence-corrected chi connectivity index (χ3v) is 6.80. The molecule has 7 heteroatoms. The first kappa shape index (κ1) is 22.5. The monoisotopic (exact) mass is 439 g/mol. The van der Waals surface area contributed by atoms with Crippen molar-refractivity contribution in [2.75, 3.05) is 12.4 Å². The Morgan fingerprint density at radius 1 is 0.935 bits per heavy atom. The highest BCUT2D eigenvalue weighted by atomic mass is 32.2. The van der Waals surface area contributed by atoms with Crippen molar-refractivity contribution in [2.45, 2.75) is 32.1 Å². The van der Waals surface area contributed by atoms with Crippen LogP contribution in [0.4, 0.5) is 0 Å². The summed E-state index contributed by atoms with van der Waals surface area (Å²) in [6, 6.07) is 17.9. The second-order valence-electron chi connectivity index (χ2n) is 7.42. The van der Waals surface area contributed by atoms with Gasteiger partial charge in [-0.25, -0.2) is 8.42 Å². The number of para-hydroxylation sites is 1. The lowest BCUT2D eigenvalue weighted by molar-refractivity contribution is -0.142. The van der Waals surface area contributed by atoms with Crippen LogP contribution in [0, 0.1) is 20.8 Å². The van der Waals surface area contributed by atoms with Gasteiger partial charge >= 0.3 is 5.97 Å². The maximum Gasteiger partial charge on any atom is 0.307 e. The Labute approximate surface area is 182 Å². The van der Waals surface area contributed by atoms with E-state index in [-0.39, 0.29) is 22.9 Å². The predicted octanol–water partition coefficient (Wildman–Crippen LogP) is 3.99. The summed E-state index contributed by atoms with van der Waals surface area (Å²) in [5, 5.41) is 0. The number of aryl methyl sites for hydroxylation is 2. The number of rotatable bonds is 8. The molecule has 1 heterocycles. The quantitative estimate of drug-likeness (QED) is 0.391. The van der Waals surface area contributed by atoms with Gasteiger partial charge < -0.3 is 9.30 Å². The molecule has 6 nitrogen and oxygen atoms in total. The number of carbonyl (C=O) groups is 2. The summed E-state index contributed by atoms with van der Waals surface area (Å²) in [5.41, 5.74) is 4.01. The molecular weight excluding hydrogens is 414 g/mol. The zero-order valence-electron chi connectivity index (χ0n) is 17.8. The van der Waals surface area contributed by atoms with Crippen LogP contribution in [0.5, 0.6) is 0 Å². The van der Waals surface area contributed by atoms with Crippen molar-refractivity contribution in [1.29, 1.82) is 0 Å². The third kappa shape index (κ3) is 5.30. The van der Waals surface area contributed by atoms with Crippen LogP contribution in [-0.2, 0) is 19.4 Å². The van der Waals surface area contributed by atoms with Gasteiger partial charge in [0, 0.05) is 22.6 Å². The van der Waals surface area contributed by atoms with Crippen LogP contribution in [0.3, 0.4) is 0 Å². The first-order chi connectivity index (χ1) is 14.7. The molecule has 0 aliphatic rings. The Hall–Kier alpha value is -3.19. The fourth-order valence-electron chi connectivity index (χ4n) is 3.40. The lowest BCUT2D eigenvalue weighted by Crippen LogP contribution is -2.18. The molecule has 0 atom stereocenters. The van der Waals surface area contributed by atoms with E-state index in [0.717, 1.165) is 22.6 Å². The molecule has 0 unspecified atom stereocenters. The van der Waals surface area contributed by atoms with Crippen LogP contribution in [0.1, 0.15) is 33.7 Å². The smallest absolute Gasteiger partial charge is 0.307 e.